The molecule has 106 valence electrons. The SMILES string of the molecule is CC(C)(C)OC(=O)NCC=Cc1cc(Cl)cc(C#N)c1. The zero-order valence-corrected chi connectivity index (χ0v) is 12.5. The van der Waals surface area contributed by atoms with Crippen molar-refractivity contribution in [1.29, 1.82) is 5.26 Å². The van der Waals surface area contributed by atoms with Crippen molar-refractivity contribution in [3.05, 3.63) is 40.4 Å². The van der Waals surface area contributed by atoms with Crippen LogP contribution >= 0.6 is 11.6 Å². The summed E-state index contributed by atoms with van der Waals surface area (Å²) in [5.74, 6) is 0. The standard InChI is InChI=1S/C15H17ClN2O2/c1-15(2,3)20-14(19)18-6-4-5-11-7-12(10-17)9-13(16)8-11/h4-5,7-9H,6H2,1-3H3,(H,18,19). The summed E-state index contributed by atoms with van der Waals surface area (Å²) in [7, 11) is 0. The monoisotopic (exact) mass is 292 g/mol. The molecule has 1 rings (SSSR count). The van der Waals surface area contributed by atoms with Crippen LogP contribution in [0.3, 0.4) is 0 Å². The first-order chi connectivity index (χ1) is 9.30. The molecule has 1 amide bonds. The summed E-state index contributed by atoms with van der Waals surface area (Å²) in [6, 6.07) is 7.09. The van der Waals surface area contributed by atoms with Crippen LogP contribution in [0.25, 0.3) is 6.08 Å². The molecular formula is C15H17ClN2O2. The number of carbonyl (C=O) groups excluding carboxylic acids is 1. The maximum absolute atomic E-state index is 11.4. The van der Waals surface area contributed by atoms with Gasteiger partial charge in [0.15, 0.2) is 0 Å². The Morgan fingerprint density at radius 2 is 2.15 bits per heavy atom. The van der Waals surface area contributed by atoms with Crippen LogP contribution < -0.4 is 5.32 Å². The Kier molecular flexibility index (Phi) is 5.60. The Morgan fingerprint density at radius 1 is 1.45 bits per heavy atom. The van der Waals surface area contributed by atoms with Crippen LogP contribution in [0.5, 0.6) is 0 Å². The fourth-order valence-corrected chi connectivity index (χ4v) is 1.67. The van der Waals surface area contributed by atoms with E-state index in [4.69, 9.17) is 21.6 Å². The van der Waals surface area contributed by atoms with Crippen LogP contribution in [0.4, 0.5) is 4.79 Å². The number of nitrogens with one attached hydrogen (secondary N) is 1. The van der Waals surface area contributed by atoms with Crippen molar-refractivity contribution in [3.63, 3.8) is 0 Å². The highest BCUT2D eigenvalue weighted by Gasteiger charge is 2.14. The molecule has 0 saturated heterocycles. The lowest BCUT2D eigenvalue weighted by Crippen LogP contribution is -2.32. The Hall–Kier alpha value is -1.99. The maximum Gasteiger partial charge on any atom is 0.407 e. The second kappa shape index (κ2) is 6.97. The number of hydrogen-bond donors (Lipinski definition) is 1. The third-order valence-corrected chi connectivity index (χ3v) is 2.34. The molecule has 0 saturated carbocycles. The summed E-state index contributed by atoms with van der Waals surface area (Å²) in [5, 5.41) is 11.9. The zero-order chi connectivity index (χ0) is 15.2. The highest BCUT2D eigenvalue weighted by Crippen LogP contribution is 2.15. The number of halogens is 1. The van der Waals surface area contributed by atoms with Gasteiger partial charge in [0.25, 0.3) is 0 Å². The van der Waals surface area contributed by atoms with E-state index in [-0.39, 0.29) is 0 Å². The van der Waals surface area contributed by atoms with Gasteiger partial charge in [-0.3, -0.25) is 0 Å². The highest BCUT2D eigenvalue weighted by atomic mass is 35.5. The van der Waals surface area contributed by atoms with Gasteiger partial charge in [0.2, 0.25) is 0 Å². The Morgan fingerprint density at radius 3 is 2.75 bits per heavy atom. The molecule has 5 heteroatoms. The van der Waals surface area contributed by atoms with Gasteiger partial charge in [0.05, 0.1) is 11.6 Å². The van der Waals surface area contributed by atoms with E-state index in [9.17, 15) is 4.79 Å². The first-order valence-electron chi connectivity index (χ1n) is 6.14. The molecule has 1 N–H and O–H groups in total. The zero-order valence-electron chi connectivity index (χ0n) is 11.7. The summed E-state index contributed by atoms with van der Waals surface area (Å²) in [6.07, 6.45) is 3.08. The fraction of sp³-hybridized carbons (Fsp3) is 0.333. The number of nitriles is 1. The third-order valence-electron chi connectivity index (χ3n) is 2.12. The van der Waals surface area contributed by atoms with Crippen LogP contribution in [0.1, 0.15) is 31.9 Å². The molecule has 1 aromatic carbocycles. The van der Waals surface area contributed by atoms with Crippen molar-refractivity contribution in [1.82, 2.24) is 5.32 Å². The first kappa shape index (κ1) is 16.1. The van der Waals surface area contributed by atoms with Crippen molar-refractivity contribution in [2.24, 2.45) is 0 Å². The Labute approximate surface area is 124 Å². The average Bonchev–Trinajstić information content (AvgIpc) is 2.32. The second-order valence-electron chi connectivity index (χ2n) is 5.17. The second-order valence-corrected chi connectivity index (χ2v) is 5.61. The van der Waals surface area contributed by atoms with E-state index >= 15 is 0 Å². The highest BCUT2D eigenvalue weighted by molar-refractivity contribution is 6.30. The van der Waals surface area contributed by atoms with E-state index in [1.54, 1.807) is 51.1 Å². The molecule has 0 heterocycles. The lowest BCUT2D eigenvalue weighted by atomic mass is 10.1. The number of ether oxygens (including phenoxy) is 1. The van der Waals surface area contributed by atoms with Crippen molar-refractivity contribution < 1.29 is 9.53 Å². The Bertz CT molecular complexity index is 554. The summed E-state index contributed by atoms with van der Waals surface area (Å²) in [4.78, 5) is 11.4. The molecule has 0 aliphatic heterocycles. The summed E-state index contributed by atoms with van der Waals surface area (Å²) < 4.78 is 5.10. The molecule has 0 fully saturated rings. The van der Waals surface area contributed by atoms with Gasteiger partial charge in [-0.2, -0.15) is 5.26 Å². The Balaban J connectivity index is 2.52. The number of carbonyl (C=O) groups is 1. The van der Waals surface area contributed by atoms with Crippen molar-refractivity contribution in [3.8, 4) is 6.07 Å². The smallest absolute Gasteiger partial charge is 0.407 e. The maximum atomic E-state index is 11.4. The number of benzene rings is 1. The third kappa shape index (κ3) is 6.26. The van der Waals surface area contributed by atoms with Crippen molar-refractivity contribution >= 4 is 23.8 Å². The van der Waals surface area contributed by atoms with Gasteiger partial charge in [-0.25, -0.2) is 4.79 Å². The molecule has 20 heavy (non-hydrogen) atoms. The molecule has 0 radical (unpaired) electrons. The predicted molar refractivity (Wildman–Crippen MR) is 79.4 cm³/mol. The van der Waals surface area contributed by atoms with Crippen molar-refractivity contribution in [2.75, 3.05) is 6.54 Å². The van der Waals surface area contributed by atoms with Crippen LogP contribution in [0.2, 0.25) is 5.02 Å². The summed E-state index contributed by atoms with van der Waals surface area (Å²) in [5.41, 5.74) is 0.792. The number of nitrogens with zero attached hydrogens (tertiary/aromatic N) is 1. The quantitative estimate of drug-likeness (QED) is 0.923. The molecular weight excluding hydrogens is 276 g/mol. The van der Waals surface area contributed by atoms with Gasteiger partial charge in [0.1, 0.15) is 5.60 Å². The molecule has 4 nitrogen and oxygen atoms in total. The minimum atomic E-state index is -0.511. The molecule has 0 spiro atoms. The van der Waals surface area contributed by atoms with Crippen LogP contribution in [0, 0.1) is 11.3 Å². The van der Waals surface area contributed by atoms with Gasteiger partial charge in [-0.1, -0.05) is 23.8 Å². The van der Waals surface area contributed by atoms with Gasteiger partial charge in [0, 0.05) is 11.6 Å². The molecule has 1 aromatic rings. The molecule has 0 unspecified atom stereocenters. The van der Waals surface area contributed by atoms with E-state index in [0.717, 1.165) is 5.56 Å². The van der Waals surface area contributed by atoms with E-state index in [1.165, 1.54) is 0 Å². The van der Waals surface area contributed by atoms with Crippen LogP contribution in [-0.2, 0) is 4.74 Å². The van der Waals surface area contributed by atoms with E-state index in [0.29, 0.717) is 17.1 Å². The first-order valence-corrected chi connectivity index (χ1v) is 6.52. The fourth-order valence-electron chi connectivity index (χ4n) is 1.42. The van der Waals surface area contributed by atoms with Crippen LogP contribution in [-0.4, -0.2) is 18.2 Å². The molecule has 0 aliphatic rings. The average molecular weight is 293 g/mol. The molecule has 0 atom stereocenters. The summed E-state index contributed by atoms with van der Waals surface area (Å²) in [6.45, 7) is 5.75. The van der Waals surface area contributed by atoms with Gasteiger partial charge in [-0.15, -0.1) is 0 Å². The van der Waals surface area contributed by atoms with Gasteiger partial charge in [-0.05, 0) is 44.5 Å². The molecule has 0 aromatic heterocycles. The van der Waals surface area contributed by atoms with Crippen molar-refractivity contribution in [2.45, 2.75) is 26.4 Å². The van der Waals surface area contributed by atoms with Gasteiger partial charge < -0.3 is 10.1 Å². The van der Waals surface area contributed by atoms with Gasteiger partial charge >= 0.3 is 6.09 Å². The van der Waals surface area contributed by atoms with E-state index in [1.807, 2.05) is 6.07 Å². The minimum Gasteiger partial charge on any atom is -0.444 e. The number of amides is 1. The lowest BCUT2D eigenvalue weighted by Gasteiger charge is -2.19. The molecule has 0 bridgehead atoms. The largest absolute Gasteiger partial charge is 0.444 e. The lowest BCUT2D eigenvalue weighted by molar-refractivity contribution is 0.0534. The minimum absolute atomic E-state index is 0.337. The topological polar surface area (TPSA) is 62.1 Å². The summed E-state index contributed by atoms with van der Waals surface area (Å²) >= 11 is 5.89. The molecule has 0 aliphatic carbocycles. The number of hydrogen-bond acceptors (Lipinski definition) is 3. The number of rotatable bonds is 3. The van der Waals surface area contributed by atoms with E-state index < -0.39 is 11.7 Å². The predicted octanol–water partition coefficient (Wildman–Crippen LogP) is 3.75. The van der Waals surface area contributed by atoms with E-state index in [2.05, 4.69) is 5.32 Å². The normalized spacial score (nSPS) is 11.2. The number of alkyl carbamates (subject to hydrolysis) is 1. The van der Waals surface area contributed by atoms with Crippen LogP contribution in [0.15, 0.2) is 24.3 Å².